The SMILES string of the molecule is CCn1c(C)cc(C(=O)CN2CCC(OC)CC2)c1C. The predicted octanol–water partition coefficient (Wildman–Crippen LogP) is 2.42. The van der Waals surface area contributed by atoms with Crippen LogP contribution in [0, 0.1) is 13.8 Å². The molecule has 0 radical (unpaired) electrons. The van der Waals surface area contributed by atoms with Crippen molar-refractivity contribution in [3.05, 3.63) is 23.0 Å². The number of ketones is 1. The van der Waals surface area contributed by atoms with Gasteiger partial charge < -0.3 is 9.30 Å². The third-order valence-electron chi connectivity index (χ3n) is 4.43. The number of hydrogen-bond acceptors (Lipinski definition) is 3. The van der Waals surface area contributed by atoms with Gasteiger partial charge in [-0.3, -0.25) is 9.69 Å². The normalized spacial score (nSPS) is 17.6. The maximum atomic E-state index is 12.5. The third kappa shape index (κ3) is 3.13. The Balaban J connectivity index is 1.99. The molecule has 1 aliphatic rings. The molecule has 112 valence electrons. The van der Waals surface area contributed by atoms with Gasteiger partial charge in [-0.05, 0) is 39.7 Å². The van der Waals surface area contributed by atoms with Crippen LogP contribution in [0.2, 0.25) is 0 Å². The summed E-state index contributed by atoms with van der Waals surface area (Å²) in [5.41, 5.74) is 3.16. The smallest absolute Gasteiger partial charge is 0.178 e. The fourth-order valence-electron chi connectivity index (χ4n) is 3.16. The Hall–Kier alpha value is -1.13. The van der Waals surface area contributed by atoms with Crippen LogP contribution in [0.25, 0.3) is 0 Å². The average Bonchev–Trinajstić information content (AvgIpc) is 2.74. The quantitative estimate of drug-likeness (QED) is 0.776. The summed E-state index contributed by atoms with van der Waals surface area (Å²) in [7, 11) is 1.77. The predicted molar refractivity (Wildman–Crippen MR) is 80.4 cm³/mol. The first kappa shape index (κ1) is 15.3. The highest BCUT2D eigenvalue weighted by atomic mass is 16.5. The Kier molecular flexibility index (Phi) is 5.00. The van der Waals surface area contributed by atoms with E-state index in [2.05, 4.69) is 23.3 Å². The fraction of sp³-hybridized carbons (Fsp3) is 0.688. The summed E-state index contributed by atoms with van der Waals surface area (Å²) in [6.45, 7) is 9.59. The second-order valence-corrected chi connectivity index (χ2v) is 5.66. The molecule has 1 aliphatic heterocycles. The van der Waals surface area contributed by atoms with E-state index in [-0.39, 0.29) is 5.78 Å². The average molecular weight is 278 g/mol. The first-order valence-electron chi connectivity index (χ1n) is 7.51. The van der Waals surface area contributed by atoms with E-state index in [0.717, 1.165) is 43.7 Å². The highest BCUT2D eigenvalue weighted by molar-refractivity contribution is 5.99. The summed E-state index contributed by atoms with van der Waals surface area (Å²) in [6, 6.07) is 2.03. The minimum absolute atomic E-state index is 0.244. The van der Waals surface area contributed by atoms with Gasteiger partial charge in [-0.15, -0.1) is 0 Å². The number of piperidine rings is 1. The lowest BCUT2D eigenvalue weighted by molar-refractivity contribution is 0.0401. The number of carbonyl (C=O) groups is 1. The van der Waals surface area contributed by atoms with E-state index < -0.39 is 0 Å². The Bertz CT molecular complexity index is 471. The Labute approximate surface area is 121 Å². The molecule has 4 nitrogen and oxygen atoms in total. The number of Topliss-reactive ketones (excluding diaryl/α,β-unsaturated/α-hetero) is 1. The second-order valence-electron chi connectivity index (χ2n) is 5.66. The van der Waals surface area contributed by atoms with Crippen molar-refractivity contribution in [3.8, 4) is 0 Å². The van der Waals surface area contributed by atoms with Gasteiger partial charge in [-0.2, -0.15) is 0 Å². The minimum atomic E-state index is 0.244. The molecule has 0 aliphatic carbocycles. The van der Waals surface area contributed by atoms with E-state index >= 15 is 0 Å². The fourth-order valence-corrected chi connectivity index (χ4v) is 3.16. The summed E-state index contributed by atoms with van der Waals surface area (Å²) in [4.78, 5) is 14.7. The molecule has 4 heteroatoms. The number of aromatic nitrogens is 1. The van der Waals surface area contributed by atoms with Gasteiger partial charge in [-0.1, -0.05) is 0 Å². The molecule has 1 aromatic rings. The lowest BCUT2D eigenvalue weighted by atomic mass is 10.1. The van der Waals surface area contributed by atoms with Crippen molar-refractivity contribution in [3.63, 3.8) is 0 Å². The first-order chi connectivity index (χ1) is 9.56. The zero-order valence-corrected chi connectivity index (χ0v) is 13.1. The Morgan fingerprint density at radius 1 is 1.35 bits per heavy atom. The standard InChI is InChI=1S/C16H26N2O2/c1-5-18-12(2)10-15(13(18)3)16(19)11-17-8-6-14(20-4)7-9-17/h10,14H,5-9,11H2,1-4H3. The third-order valence-corrected chi connectivity index (χ3v) is 4.43. The van der Waals surface area contributed by atoms with E-state index in [1.807, 2.05) is 13.0 Å². The number of carbonyl (C=O) groups excluding carboxylic acids is 1. The van der Waals surface area contributed by atoms with Crippen LogP contribution in [0.5, 0.6) is 0 Å². The van der Waals surface area contributed by atoms with Crippen LogP contribution in [0.4, 0.5) is 0 Å². The van der Waals surface area contributed by atoms with Crippen molar-refractivity contribution >= 4 is 5.78 Å². The maximum Gasteiger partial charge on any atom is 0.178 e. The van der Waals surface area contributed by atoms with Crippen LogP contribution in [-0.2, 0) is 11.3 Å². The van der Waals surface area contributed by atoms with Gasteiger partial charge in [0, 0.05) is 43.7 Å². The molecule has 0 N–H and O–H groups in total. The summed E-state index contributed by atoms with van der Waals surface area (Å²) in [5.74, 6) is 0.244. The highest BCUT2D eigenvalue weighted by Gasteiger charge is 2.22. The van der Waals surface area contributed by atoms with Crippen molar-refractivity contribution in [2.75, 3.05) is 26.7 Å². The van der Waals surface area contributed by atoms with Gasteiger partial charge in [0.15, 0.2) is 5.78 Å². The zero-order chi connectivity index (χ0) is 14.7. The molecule has 2 heterocycles. The van der Waals surface area contributed by atoms with Crippen molar-refractivity contribution < 1.29 is 9.53 Å². The van der Waals surface area contributed by atoms with Gasteiger partial charge in [0.1, 0.15) is 0 Å². The van der Waals surface area contributed by atoms with Crippen molar-refractivity contribution in [2.24, 2.45) is 0 Å². The van der Waals surface area contributed by atoms with Crippen LogP contribution in [0.1, 0.15) is 41.5 Å². The topological polar surface area (TPSA) is 34.5 Å². The van der Waals surface area contributed by atoms with Gasteiger partial charge in [0.25, 0.3) is 0 Å². The van der Waals surface area contributed by atoms with Gasteiger partial charge >= 0.3 is 0 Å². The number of hydrogen-bond donors (Lipinski definition) is 0. The second kappa shape index (κ2) is 6.55. The van der Waals surface area contributed by atoms with Crippen LogP contribution in [-0.4, -0.2) is 48.1 Å². The van der Waals surface area contributed by atoms with E-state index in [0.29, 0.717) is 12.6 Å². The molecule has 0 bridgehead atoms. The van der Waals surface area contributed by atoms with E-state index in [4.69, 9.17) is 4.74 Å². The number of ether oxygens (including phenoxy) is 1. The highest BCUT2D eigenvalue weighted by Crippen LogP contribution is 2.18. The van der Waals surface area contributed by atoms with Crippen LogP contribution in [0.15, 0.2) is 6.07 Å². The summed E-state index contributed by atoms with van der Waals surface area (Å²) in [5, 5.41) is 0. The van der Waals surface area contributed by atoms with E-state index in [1.54, 1.807) is 7.11 Å². The number of methoxy groups -OCH3 is 1. The summed E-state index contributed by atoms with van der Waals surface area (Å²) in [6.07, 6.45) is 2.42. The molecule has 1 aromatic heterocycles. The largest absolute Gasteiger partial charge is 0.381 e. The van der Waals surface area contributed by atoms with Crippen LogP contribution >= 0.6 is 0 Å². The summed E-state index contributed by atoms with van der Waals surface area (Å²) < 4.78 is 7.57. The molecule has 0 amide bonds. The van der Waals surface area contributed by atoms with Gasteiger partial charge in [-0.25, -0.2) is 0 Å². The number of rotatable bonds is 5. The van der Waals surface area contributed by atoms with Crippen molar-refractivity contribution in [1.29, 1.82) is 0 Å². The number of likely N-dealkylation sites (tertiary alicyclic amines) is 1. The molecule has 20 heavy (non-hydrogen) atoms. The van der Waals surface area contributed by atoms with Gasteiger partial charge in [0.2, 0.25) is 0 Å². The molecule has 1 saturated heterocycles. The Morgan fingerprint density at radius 2 is 2.00 bits per heavy atom. The molecular formula is C16H26N2O2. The molecule has 0 aromatic carbocycles. The summed E-state index contributed by atoms with van der Waals surface area (Å²) >= 11 is 0. The van der Waals surface area contributed by atoms with Crippen LogP contribution < -0.4 is 0 Å². The van der Waals surface area contributed by atoms with Crippen LogP contribution in [0.3, 0.4) is 0 Å². The van der Waals surface area contributed by atoms with Crippen molar-refractivity contribution in [2.45, 2.75) is 46.3 Å². The van der Waals surface area contributed by atoms with Gasteiger partial charge in [0.05, 0.1) is 12.6 Å². The Morgan fingerprint density at radius 3 is 2.50 bits per heavy atom. The molecule has 0 saturated carbocycles. The minimum Gasteiger partial charge on any atom is -0.381 e. The lowest BCUT2D eigenvalue weighted by Gasteiger charge is -2.30. The number of aryl methyl sites for hydroxylation is 1. The van der Waals surface area contributed by atoms with E-state index in [1.165, 1.54) is 5.69 Å². The first-order valence-corrected chi connectivity index (χ1v) is 7.51. The molecular weight excluding hydrogens is 252 g/mol. The molecule has 0 spiro atoms. The zero-order valence-electron chi connectivity index (χ0n) is 13.1. The molecule has 0 atom stereocenters. The maximum absolute atomic E-state index is 12.5. The van der Waals surface area contributed by atoms with Crippen molar-refractivity contribution in [1.82, 2.24) is 9.47 Å². The monoisotopic (exact) mass is 278 g/mol. The molecule has 0 unspecified atom stereocenters. The molecule has 2 rings (SSSR count). The lowest BCUT2D eigenvalue weighted by Crippen LogP contribution is -2.39. The molecule has 1 fully saturated rings. The van der Waals surface area contributed by atoms with E-state index in [9.17, 15) is 4.79 Å². The number of nitrogens with zero attached hydrogens (tertiary/aromatic N) is 2.